The van der Waals surface area contributed by atoms with Crippen LogP contribution in [0.2, 0.25) is 5.02 Å². The van der Waals surface area contributed by atoms with E-state index in [4.69, 9.17) is 16.3 Å². The van der Waals surface area contributed by atoms with Crippen LogP contribution in [0.5, 0.6) is 0 Å². The maximum absolute atomic E-state index is 5.93. The first-order chi connectivity index (χ1) is 9.19. The first-order valence-corrected chi connectivity index (χ1v) is 7.36. The summed E-state index contributed by atoms with van der Waals surface area (Å²) in [5, 5.41) is 4.39. The van der Waals surface area contributed by atoms with Crippen molar-refractivity contribution in [2.24, 2.45) is 0 Å². The molecular formula is C15H23ClN2O. The van der Waals surface area contributed by atoms with E-state index in [-0.39, 0.29) is 0 Å². The number of morpholine rings is 1. The molecule has 2 atom stereocenters. The van der Waals surface area contributed by atoms with Gasteiger partial charge in [-0.2, -0.15) is 0 Å². The number of nitrogens with zero attached hydrogens (tertiary/aromatic N) is 1. The Bertz CT molecular complexity index is 382. The van der Waals surface area contributed by atoms with Gasteiger partial charge in [0.05, 0.1) is 12.7 Å². The molecule has 0 saturated carbocycles. The minimum atomic E-state index is 0.292. The summed E-state index contributed by atoms with van der Waals surface area (Å²) in [6.45, 7) is 5.96. The Balaban J connectivity index is 1.87. The molecule has 1 heterocycles. The second-order valence-corrected chi connectivity index (χ2v) is 5.61. The van der Waals surface area contributed by atoms with Gasteiger partial charge in [-0.25, -0.2) is 0 Å². The zero-order chi connectivity index (χ0) is 13.7. The van der Waals surface area contributed by atoms with Crippen LogP contribution in [0, 0.1) is 0 Å². The monoisotopic (exact) mass is 282 g/mol. The zero-order valence-electron chi connectivity index (χ0n) is 11.7. The number of hydrogen-bond acceptors (Lipinski definition) is 3. The van der Waals surface area contributed by atoms with Crippen LogP contribution >= 0.6 is 11.6 Å². The van der Waals surface area contributed by atoms with E-state index in [1.165, 1.54) is 5.56 Å². The van der Waals surface area contributed by atoms with E-state index in [0.717, 1.165) is 37.7 Å². The summed E-state index contributed by atoms with van der Waals surface area (Å²) in [6, 6.07) is 8.46. The summed E-state index contributed by atoms with van der Waals surface area (Å²) in [6.07, 6.45) is 1.35. The topological polar surface area (TPSA) is 24.5 Å². The summed E-state index contributed by atoms with van der Waals surface area (Å²) < 4.78 is 5.77. The first kappa shape index (κ1) is 14.8. The minimum Gasteiger partial charge on any atom is -0.374 e. The molecule has 2 rings (SSSR count). The number of hydrogen-bond donors (Lipinski definition) is 1. The molecule has 1 aromatic carbocycles. The SMILES string of the molecule is CCC(NCC1CN(C)CCO1)c1ccc(Cl)cc1. The smallest absolute Gasteiger partial charge is 0.0826 e. The lowest BCUT2D eigenvalue weighted by Gasteiger charge is -2.31. The van der Waals surface area contributed by atoms with Crippen molar-refractivity contribution in [3.63, 3.8) is 0 Å². The van der Waals surface area contributed by atoms with E-state index in [1.807, 2.05) is 12.1 Å². The summed E-state index contributed by atoms with van der Waals surface area (Å²) >= 11 is 5.93. The predicted molar refractivity (Wildman–Crippen MR) is 79.7 cm³/mol. The Labute approximate surface area is 120 Å². The van der Waals surface area contributed by atoms with Gasteiger partial charge in [0, 0.05) is 30.7 Å². The maximum atomic E-state index is 5.93. The normalized spacial score (nSPS) is 22.4. The van der Waals surface area contributed by atoms with Crippen LogP contribution in [0.1, 0.15) is 24.9 Å². The Hall–Kier alpha value is -0.610. The lowest BCUT2D eigenvalue weighted by molar-refractivity contribution is -0.0193. The second-order valence-electron chi connectivity index (χ2n) is 5.18. The number of ether oxygens (including phenoxy) is 1. The van der Waals surface area contributed by atoms with Gasteiger partial charge in [0.1, 0.15) is 0 Å². The maximum Gasteiger partial charge on any atom is 0.0826 e. The standard InChI is InChI=1S/C15H23ClN2O/c1-3-15(12-4-6-13(16)7-5-12)17-10-14-11-18(2)8-9-19-14/h4-7,14-15,17H,3,8-11H2,1-2H3. The van der Waals surface area contributed by atoms with Gasteiger partial charge in [0.2, 0.25) is 0 Å². The Morgan fingerprint density at radius 1 is 1.42 bits per heavy atom. The van der Waals surface area contributed by atoms with Gasteiger partial charge in [-0.3, -0.25) is 0 Å². The molecule has 2 unspecified atom stereocenters. The Kier molecular flexibility index (Phi) is 5.64. The highest BCUT2D eigenvalue weighted by atomic mass is 35.5. The van der Waals surface area contributed by atoms with Crippen molar-refractivity contribution >= 4 is 11.6 Å². The molecule has 3 nitrogen and oxygen atoms in total. The highest BCUT2D eigenvalue weighted by molar-refractivity contribution is 6.30. The Morgan fingerprint density at radius 3 is 2.79 bits per heavy atom. The van der Waals surface area contributed by atoms with E-state index < -0.39 is 0 Å². The van der Waals surface area contributed by atoms with Crippen molar-refractivity contribution in [2.45, 2.75) is 25.5 Å². The predicted octanol–water partition coefficient (Wildman–Crippen LogP) is 2.71. The van der Waals surface area contributed by atoms with Gasteiger partial charge in [-0.05, 0) is 31.2 Å². The van der Waals surface area contributed by atoms with Crippen molar-refractivity contribution in [1.29, 1.82) is 0 Å². The van der Waals surface area contributed by atoms with Gasteiger partial charge in [0.25, 0.3) is 0 Å². The fraction of sp³-hybridized carbons (Fsp3) is 0.600. The molecule has 0 spiro atoms. The average Bonchev–Trinajstić information content (AvgIpc) is 2.41. The number of rotatable bonds is 5. The molecule has 0 aliphatic carbocycles. The van der Waals surface area contributed by atoms with Crippen molar-refractivity contribution in [3.05, 3.63) is 34.9 Å². The molecule has 1 N–H and O–H groups in total. The summed E-state index contributed by atoms with van der Waals surface area (Å²) in [5.74, 6) is 0. The molecule has 19 heavy (non-hydrogen) atoms. The van der Waals surface area contributed by atoms with E-state index in [9.17, 15) is 0 Å². The molecule has 1 saturated heterocycles. The number of benzene rings is 1. The van der Waals surface area contributed by atoms with E-state index in [0.29, 0.717) is 12.1 Å². The largest absolute Gasteiger partial charge is 0.374 e. The molecule has 4 heteroatoms. The van der Waals surface area contributed by atoms with Crippen LogP contribution in [0.4, 0.5) is 0 Å². The molecule has 0 aromatic heterocycles. The molecule has 1 aliphatic rings. The van der Waals surface area contributed by atoms with E-state index in [2.05, 4.69) is 36.3 Å². The van der Waals surface area contributed by atoms with Crippen molar-refractivity contribution < 1.29 is 4.74 Å². The van der Waals surface area contributed by atoms with Crippen molar-refractivity contribution in [1.82, 2.24) is 10.2 Å². The van der Waals surface area contributed by atoms with Gasteiger partial charge in [-0.15, -0.1) is 0 Å². The number of nitrogens with one attached hydrogen (secondary N) is 1. The third-order valence-corrected chi connectivity index (χ3v) is 3.87. The quantitative estimate of drug-likeness (QED) is 0.899. The van der Waals surface area contributed by atoms with Gasteiger partial charge in [0.15, 0.2) is 0 Å². The van der Waals surface area contributed by atoms with E-state index >= 15 is 0 Å². The van der Waals surface area contributed by atoms with Crippen LogP contribution < -0.4 is 5.32 Å². The summed E-state index contributed by atoms with van der Waals surface area (Å²) in [5.41, 5.74) is 1.29. The third kappa shape index (κ3) is 4.46. The summed E-state index contributed by atoms with van der Waals surface area (Å²) in [7, 11) is 2.14. The van der Waals surface area contributed by atoms with E-state index in [1.54, 1.807) is 0 Å². The second kappa shape index (κ2) is 7.25. The molecule has 106 valence electrons. The van der Waals surface area contributed by atoms with Crippen LogP contribution in [0.15, 0.2) is 24.3 Å². The zero-order valence-corrected chi connectivity index (χ0v) is 12.5. The summed E-state index contributed by atoms with van der Waals surface area (Å²) in [4.78, 5) is 2.32. The lowest BCUT2D eigenvalue weighted by atomic mass is 10.0. The molecule has 1 aromatic rings. The first-order valence-electron chi connectivity index (χ1n) is 6.98. The fourth-order valence-electron chi connectivity index (χ4n) is 2.46. The molecule has 0 bridgehead atoms. The van der Waals surface area contributed by atoms with Gasteiger partial charge >= 0.3 is 0 Å². The molecule has 1 fully saturated rings. The highest BCUT2D eigenvalue weighted by Gasteiger charge is 2.19. The van der Waals surface area contributed by atoms with Gasteiger partial charge in [-0.1, -0.05) is 30.7 Å². The average molecular weight is 283 g/mol. The number of halogens is 1. The van der Waals surface area contributed by atoms with Crippen LogP contribution in [0.25, 0.3) is 0 Å². The fourth-order valence-corrected chi connectivity index (χ4v) is 2.58. The van der Waals surface area contributed by atoms with Crippen molar-refractivity contribution in [3.8, 4) is 0 Å². The van der Waals surface area contributed by atoms with Crippen molar-refractivity contribution in [2.75, 3.05) is 33.3 Å². The Morgan fingerprint density at radius 2 is 2.16 bits per heavy atom. The number of likely N-dealkylation sites (N-methyl/N-ethyl adjacent to an activating group) is 1. The highest BCUT2D eigenvalue weighted by Crippen LogP contribution is 2.19. The van der Waals surface area contributed by atoms with Crippen LogP contribution in [-0.4, -0.2) is 44.3 Å². The lowest BCUT2D eigenvalue weighted by Crippen LogP contribution is -2.45. The van der Waals surface area contributed by atoms with Crippen LogP contribution in [0.3, 0.4) is 0 Å². The van der Waals surface area contributed by atoms with Gasteiger partial charge < -0.3 is 15.0 Å². The molecular weight excluding hydrogens is 260 g/mol. The minimum absolute atomic E-state index is 0.292. The molecule has 0 amide bonds. The third-order valence-electron chi connectivity index (χ3n) is 3.61. The van der Waals surface area contributed by atoms with Crippen LogP contribution in [-0.2, 0) is 4.74 Å². The molecule has 1 aliphatic heterocycles. The molecule has 0 radical (unpaired) electrons.